The Labute approximate surface area is 112 Å². The van der Waals surface area contributed by atoms with Gasteiger partial charge in [-0.2, -0.15) is 0 Å². The maximum atomic E-state index is 5.87. The molecule has 2 heterocycles. The lowest BCUT2D eigenvalue weighted by Crippen LogP contribution is -2.20. The Morgan fingerprint density at radius 1 is 1.33 bits per heavy atom. The van der Waals surface area contributed by atoms with Crippen molar-refractivity contribution < 1.29 is 0 Å². The van der Waals surface area contributed by atoms with Crippen LogP contribution in [-0.4, -0.2) is 28.1 Å². The summed E-state index contributed by atoms with van der Waals surface area (Å²) in [5.41, 5.74) is 1.09. The molecule has 5 heteroatoms. The number of aromatic nitrogens is 3. The number of anilines is 1. The number of aryl methyl sites for hydroxylation is 2. The van der Waals surface area contributed by atoms with Gasteiger partial charge in [0.1, 0.15) is 11.0 Å². The van der Waals surface area contributed by atoms with Gasteiger partial charge >= 0.3 is 0 Å². The topological polar surface area (TPSA) is 34.0 Å². The van der Waals surface area contributed by atoms with Crippen molar-refractivity contribution in [3.05, 3.63) is 41.7 Å². The Bertz CT molecular complexity index is 509. The minimum absolute atomic E-state index is 0.532. The number of rotatable bonds is 5. The lowest BCUT2D eigenvalue weighted by molar-refractivity contribution is 0.622. The molecule has 0 bridgehead atoms. The number of pyridine rings is 1. The Hall–Kier alpha value is -1.55. The summed E-state index contributed by atoms with van der Waals surface area (Å²) in [7, 11) is 2.06. The lowest BCUT2D eigenvalue weighted by atomic mass is 10.3. The van der Waals surface area contributed by atoms with Crippen LogP contribution >= 0.6 is 11.6 Å². The van der Waals surface area contributed by atoms with Gasteiger partial charge in [-0.1, -0.05) is 11.6 Å². The van der Waals surface area contributed by atoms with Crippen LogP contribution in [0.2, 0.25) is 5.15 Å². The molecule has 0 radical (unpaired) electrons. The van der Waals surface area contributed by atoms with E-state index in [9.17, 15) is 0 Å². The molecule has 0 aliphatic carbocycles. The van der Waals surface area contributed by atoms with Gasteiger partial charge < -0.3 is 9.47 Å². The van der Waals surface area contributed by atoms with Crippen molar-refractivity contribution in [2.24, 2.45) is 0 Å². The zero-order valence-electron chi connectivity index (χ0n) is 10.7. The quantitative estimate of drug-likeness (QED) is 0.779. The van der Waals surface area contributed by atoms with E-state index >= 15 is 0 Å². The number of imidazole rings is 1. The summed E-state index contributed by atoms with van der Waals surface area (Å²) in [4.78, 5) is 10.4. The largest absolute Gasteiger partial charge is 0.374 e. The Kier molecular flexibility index (Phi) is 4.20. The van der Waals surface area contributed by atoms with Crippen molar-refractivity contribution >= 4 is 17.3 Å². The first-order valence-electron chi connectivity index (χ1n) is 5.97. The van der Waals surface area contributed by atoms with Crippen LogP contribution in [-0.2, 0) is 6.54 Å². The fourth-order valence-corrected chi connectivity index (χ4v) is 2.05. The van der Waals surface area contributed by atoms with E-state index in [1.807, 2.05) is 31.5 Å². The van der Waals surface area contributed by atoms with Crippen molar-refractivity contribution in [1.29, 1.82) is 0 Å². The molecule has 0 amide bonds. The highest BCUT2D eigenvalue weighted by molar-refractivity contribution is 6.29. The van der Waals surface area contributed by atoms with Crippen molar-refractivity contribution in [3.63, 3.8) is 0 Å². The van der Waals surface area contributed by atoms with Gasteiger partial charge in [0.25, 0.3) is 0 Å². The number of nitrogens with zero attached hydrogens (tertiary/aromatic N) is 4. The van der Waals surface area contributed by atoms with Crippen molar-refractivity contribution in [2.75, 3.05) is 18.5 Å². The highest BCUT2D eigenvalue weighted by atomic mass is 35.5. The average molecular weight is 265 g/mol. The van der Waals surface area contributed by atoms with Crippen molar-refractivity contribution in [1.82, 2.24) is 14.5 Å². The van der Waals surface area contributed by atoms with Crippen LogP contribution in [0.1, 0.15) is 12.2 Å². The van der Waals surface area contributed by atoms with E-state index in [0.29, 0.717) is 5.15 Å². The van der Waals surface area contributed by atoms with Gasteiger partial charge in [-0.25, -0.2) is 9.97 Å². The molecule has 2 rings (SSSR count). The first-order chi connectivity index (χ1) is 8.66. The molecule has 0 N–H and O–H groups in total. The van der Waals surface area contributed by atoms with Gasteiger partial charge in [0, 0.05) is 44.4 Å². The molecule has 0 atom stereocenters. The third-order valence-electron chi connectivity index (χ3n) is 2.97. The average Bonchev–Trinajstić information content (AvgIpc) is 2.75. The smallest absolute Gasteiger partial charge is 0.131 e. The molecule has 0 aliphatic heterocycles. The van der Waals surface area contributed by atoms with Gasteiger partial charge in [-0.15, -0.1) is 0 Å². The zero-order chi connectivity index (χ0) is 13.0. The maximum Gasteiger partial charge on any atom is 0.131 e. The summed E-state index contributed by atoms with van der Waals surface area (Å²) in [6, 6.07) is 3.85. The van der Waals surface area contributed by atoms with Gasteiger partial charge in [-0.05, 0) is 25.5 Å². The molecule has 4 nitrogen and oxygen atoms in total. The Balaban J connectivity index is 1.85. The second kappa shape index (κ2) is 5.87. The minimum Gasteiger partial charge on any atom is -0.374 e. The van der Waals surface area contributed by atoms with E-state index < -0.39 is 0 Å². The van der Waals surface area contributed by atoms with Crippen LogP contribution in [0.25, 0.3) is 0 Å². The second-order valence-electron chi connectivity index (χ2n) is 4.28. The molecule has 0 aliphatic rings. The summed E-state index contributed by atoms with van der Waals surface area (Å²) in [5, 5.41) is 0.532. The monoisotopic (exact) mass is 264 g/mol. The molecular weight excluding hydrogens is 248 g/mol. The minimum atomic E-state index is 0.532. The second-order valence-corrected chi connectivity index (χ2v) is 4.67. The SMILES string of the molecule is Cc1nccn1CCCN(C)c1ccnc(Cl)c1. The van der Waals surface area contributed by atoms with Gasteiger partial charge in [-0.3, -0.25) is 0 Å². The first-order valence-corrected chi connectivity index (χ1v) is 6.35. The Morgan fingerprint density at radius 2 is 2.17 bits per heavy atom. The van der Waals surface area contributed by atoms with E-state index in [4.69, 9.17) is 11.6 Å². The van der Waals surface area contributed by atoms with Gasteiger partial charge in [0.15, 0.2) is 0 Å². The van der Waals surface area contributed by atoms with E-state index in [0.717, 1.165) is 31.0 Å². The fourth-order valence-electron chi connectivity index (χ4n) is 1.88. The van der Waals surface area contributed by atoms with Gasteiger partial charge in [0.2, 0.25) is 0 Å². The summed E-state index contributed by atoms with van der Waals surface area (Å²) < 4.78 is 2.16. The van der Waals surface area contributed by atoms with Crippen LogP contribution in [0.15, 0.2) is 30.7 Å². The molecule has 0 unspecified atom stereocenters. The van der Waals surface area contributed by atoms with Crippen molar-refractivity contribution in [2.45, 2.75) is 19.9 Å². The summed E-state index contributed by atoms with van der Waals surface area (Å²) >= 11 is 5.87. The molecule has 0 aromatic carbocycles. The summed E-state index contributed by atoms with van der Waals surface area (Å²) in [6.45, 7) is 3.97. The molecular formula is C13H17ClN4. The maximum absolute atomic E-state index is 5.87. The van der Waals surface area contributed by atoms with E-state index in [1.54, 1.807) is 6.20 Å². The summed E-state index contributed by atoms with van der Waals surface area (Å²) in [6.07, 6.45) is 6.64. The molecule has 2 aromatic heterocycles. The predicted octanol–water partition coefficient (Wildman–Crippen LogP) is 2.77. The van der Waals surface area contributed by atoms with Crippen LogP contribution in [0.3, 0.4) is 0 Å². The first kappa shape index (κ1) is 12.9. The molecule has 18 heavy (non-hydrogen) atoms. The van der Waals surface area contributed by atoms with Gasteiger partial charge in [0.05, 0.1) is 0 Å². The third kappa shape index (κ3) is 3.23. The van der Waals surface area contributed by atoms with Crippen LogP contribution < -0.4 is 4.90 Å². The van der Waals surface area contributed by atoms with Crippen LogP contribution in [0.4, 0.5) is 5.69 Å². The third-order valence-corrected chi connectivity index (χ3v) is 3.17. The van der Waals surface area contributed by atoms with E-state index in [1.165, 1.54) is 0 Å². The lowest BCUT2D eigenvalue weighted by Gasteiger charge is -2.19. The number of halogens is 1. The standard InChI is InChI=1S/C13H17ClN4/c1-11-15-6-9-18(11)8-3-7-17(2)12-4-5-16-13(14)10-12/h4-6,9-10H,3,7-8H2,1-2H3. The summed E-state index contributed by atoms with van der Waals surface area (Å²) in [5.74, 6) is 1.06. The normalized spacial score (nSPS) is 10.6. The number of hydrogen-bond donors (Lipinski definition) is 0. The molecule has 0 spiro atoms. The van der Waals surface area contributed by atoms with Crippen LogP contribution in [0, 0.1) is 6.92 Å². The Morgan fingerprint density at radius 3 is 2.83 bits per heavy atom. The molecule has 96 valence electrons. The molecule has 0 saturated carbocycles. The fraction of sp³-hybridized carbons (Fsp3) is 0.385. The zero-order valence-corrected chi connectivity index (χ0v) is 11.4. The predicted molar refractivity (Wildman–Crippen MR) is 74.1 cm³/mol. The van der Waals surface area contributed by atoms with E-state index in [2.05, 4.69) is 26.5 Å². The highest BCUT2D eigenvalue weighted by Crippen LogP contribution is 2.16. The highest BCUT2D eigenvalue weighted by Gasteiger charge is 2.02. The van der Waals surface area contributed by atoms with Crippen LogP contribution in [0.5, 0.6) is 0 Å². The van der Waals surface area contributed by atoms with E-state index in [-0.39, 0.29) is 0 Å². The molecule has 0 fully saturated rings. The van der Waals surface area contributed by atoms with Crippen molar-refractivity contribution in [3.8, 4) is 0 Å². The molecule has 2 aromatic rings. The number of hydrogen-bond acceptors (Lipinski definition) is 3. The molecule has 0 saturated heterocycles.